The molecule has 0 fully saturated rings. The second-order valence-corrected chi connectivity index (χ2v) is 7.66. The summed E-state index contributed by atoms with van der Waals surface area (Å²) in [4.78, 5) is 4.01. The maximum Gasteiger partial charge on any atom is 0.416 e. The third-order valence-corrected chi connectivity index (χ3v) is 5.35. The number of halogens is 4. The Morgan fingerprint density at radius 3 is 2.35 bits per heavy atom. The van der Waals surface area contributed by atoms with Crippen LogP contribution in [0, 0.1) is 5.82 Å². The molecule has 136 valence electrons. The fourth-order valence-electron chi connectivity index (χ4n) is 2.31. The fraction of sp³-hybridized carbons (Fsp3) is 0.0625. The molecule has 2 N–H and O–H groups in total. The number of sulfonamides is 1. The summed E-state index contributed by atoms with van der Waals surface area (Å²) < 4.78 is 75.4. The van der Waals surface area contributed by atoms with E-state index in [1.807, 2.05) is 0 Å². The van der Waals surface area contributed by atoms with Crippen LogP contribution in [-0.2, 0) is 16.2 Å². The molecule has 0 atom stereocenters. The van der Waals surface area contributed by atoms with Crippen molar-refractivity contribution in [3.8, 4) is 21.8 Å². The van der Waals surface area contributed by atoms with Crippen LogP contribution in [0.2, 0.25) is 0 Å². The van der Waals surface area contributed by atoms with Gasteiger partial charge in [0.1, 0.15) is 10.8 Å². The van der Waals surface area contributed by atoms with Crippen LogP contribution in [0.3, 0.4) is 0 Å². The molecule has 0 aliphatic heterocycles. The van der Waals surface area contributed by atoms with E-state index < -0.39 is 27.6 Å². The van der Waals surface area contributed by atoms with Gasteiger partial charge in [-0.05, 0) is 24.3 Å². The molecule has 0 saturated carbocycles. The molecule has 0 radical (unpaired) electrons. The van der Waals surface area contributed by atoms with Crippen LogP contribution < -0.4 is 5.14 Å². The molecule has 3 aromatic rings. The molecule has 0 saturated heterocycles. The number of benzene rings is 2. The molecular weight excluding hydrogens is 392 g/mol. The zero-order valence-corrected chi connectivity index (χ0v) is 14.4. The van der Waals surface area contributed by atoms with E-state index in [-0.39, 0.29) is 26.7 Å². The van der Waals surface area contributed by atoms with Crippen molar-refractivity contribution in [2.24, 2.45) is 5.14 Å². The molecule has 0 aliphatic rings. The van der Waals surface area contributed by atoms with E-state index in [0.717, 1.165) is 23.5 Å². The van der Waals surface area contributed by atoms with Gasteiger partial charge in [-0.1, -0.05) is 18.2 Å². The Bertz CT molecular complexity index is 1080. The van der Waals surface area contributed by atoms with Crippen molar-refractivity contribution in [3.05, 3.63) is 59.2 Å². The highest BCUT2D eigenvalue weighted by Crippen LogP contribution is 2.35. The predicted molar refractivity (Wildman–Crippen MR) is 89.3 cm³/mol. The Morgan fingerprint density at radius 1 is 1.04 bits per heavy atom. The number of alkyl halides is 3. The van der Waals surface area contributed by atoms with Crippen LogP contribution >= 0.6 is 11.3 Å². The summed E-state index contributed by atoms with van der Waals surface area (Å²) in [6.45, 7) is 0. The molecule has 0 spiro atoms. The molecule has 3 rings (SSSR count). The largest absolute Gasteiger partial charge is 0.416 e. The van der Waals surface area contributed by atoms with Gasteiger partial charge in [-0.2, -0.15) is 13.2 Å². The zero-order chi connectivity index (χ0) is 19.1. The number of nitrogens with two attached hydrogens (primary N) is 1. The van der Waals surface area contributed by atoms with E-state index in [1.54, 1.807) is 6.07 Å². The van der Waals surface area contributed by atoms with Gasteiger partial charge in [0.15, 0.2) is 0 Å². The van der Waals surface area contributed by atoms with Crippen LogP contribution in [0.25, 0.3) is 21.8 Å². The second kappa shape index (κ2) is 6.45. The molecule has 26 heavy (non-hydrogen) atoms. The molecule has 0 bridgehead atoms. The lowest BCUT2D eigenvalue weighted by Crippen LogP contribution is -2.13. The minimum Gasteiger partial charge on any atom is -0.236 e. The predicted octanol–water partition coefficient (Wildman–Crippen LogP) is 4.28. The van der Waals surface area contributed by atoms with Crippen LogP contribution in [0.5, 0.6) is 0 Å². The van der Waals surface area contributed by atoms with Gasteiger partial charge in [-0.15, -0.1) is 11.3 Å². The first-order valence-corrected chi connectivity index (χ1v) is 9.45. The molecular formula is C16H10F4N2O2S2. The van der Waals surface area contributed by atoms with E-state index in [2.05, 4.69) is 4.98 Å². The van der Waals surface area contributed by atoms with E-state index in [0.29, 0.717) is 6.07 Å². The maximum absolute atomic E-state index is 14.1. The SMILES string of the molecule is NS(=O)(=O)c1ccccc1-c1nc(-c2ccc(C(F)(F)F)cc2F)cs1. The van der Waals surface area contributed by atoms with Crippen LogP contribution in [0.4, 0.5) is 17.6 Å². The fourth-order valence-corrected chi connectivity index (χ4v) is 3.97. The zero-order valence-electron chi connectivity index (χ0n) is 12.8. The number of hydrogen-bond acceptors (Lipinski definition) is 4. The smallest absolute Gasteiger partial charge is 0.236 e. The summed E-state index contributed by atoms with van der Waals surface area (Å²) in [5, 5.41) is 6.86. The topological polar surface area (TPSA) is 73.1 Å². The first-order chi connectivity index (χ1) is 12.1. The normalized spacial score (nSPS) is 12.3. The monoisotopic (exact) mass is 402 g/mol. The lowest BCUT2D eigenvalue weighted by atomic mass is 10.1. The number of aromatic nitrogens is 1. The molecule has 1 heterocycles. The van der Waals surface area contributed by atoms with Gasteiger partial charge in [0.05, 0.1) is 16.2 Å². The molecule has 0 aliphatic carbocycles. The average molecular weight is 402 g/mol. The van der Waals surface area contributed by atoms with Gasteiger partial charge < -0.3 is 0 Å². The highest BCUT2D eigenvalue weighted by atomic mass is 32.2. The first-order valence-electron chi connectivity index (χ1n) is 7.02. The number of hydrogen-bond donors (Lipinski definition) is 1. The highest BCUT2D eigenvalue weighted by Gasteiger charge is 2.31. The first kappa shape index (κ1) is 18.5. The molecule has 1 aromatic heterocycles. The van der Waals surface area contributed by atoms with Crippen molar-refractivity contribution < 1.29 is 26.0 Å². The van der Waals surface area contributed by atoms with Crippen molar-refractivity contribution in [2.75, 3.05) is 0 Å². The minimum absolute atomic E-state index is 0.0976. The Morgan fingerprint density at radius 2 is 1.73 bits per heavy atom. The van der Waals surface area contributed by atoms with Crippen molar-refractivity contribution in [3.63, 3.8) is 0 Å². The van der Waals surface area contributed by atoms with Crippen molar-refractivity contribution in [2.45, 2.75) is 11.1 Å². The lowest BCUT2D eigenvalue weighted by molar-refractivity contribution is -0.137. The summed E-state index contributed by atoms with van der Waals surface area (Å²) in [6.07, 6.45) is -4.65. The molecule has 4 nitrogen and oxygen atoms in total. The van der Waals surface area contributed by atoms with Gasteiger partial charge in [0.2, 0.25) is 10.0 Å². The van der Waals surface area contributed by atoms with Crippen molar-refractivity contribution >= 4 is 21.4 Å². The van der Waals surface area contributed by atoms with Gasteiger partial charge in [-0.3, -0.25) is 0 Å². The quantitative estimate of drug-likeness (QED) is 0.665. The van der Waals surface area contributed by atoms with Crippen LogP contribution in [0.1, 0.15) is 5.56 Å². The van der Waals surface area contributed by atoms with Gasteiger partial charge in [-0.25, -0.2) is 22.9 Å². The maximum atomic E-state index is 14.1. The van der Waals surface area contributed by atoms with E-state index in [9.17, 15) is 26.0 Å². The summed E-state index contributed by atoms with van der Waals surface area (Å²) in [7, 11) is -4.00. The van der Waals surface area contributed by atoms with Gasteiger partial charge in [0, 0.05) is 16.5 Å². The number of primary sulfonamides is 1. The summed E-state index contributed by atoms with van der Waals surface area (Å²) in [5.41, 5.74) is -0.888. The van der Waals surface area contributed by atoms with Crippen LogP contribution in [0.15, 0.2) is 52.7 Å². The molecule has 10 heteroatoms. The molecule has 0 unspecified atom stereocenters. The van der Waals surface area contributed by atoms with E-state index in [4.69, 9.17) is 5.14 Å². The van der Waals surface area contributed by atoms with Crippen LogP contribution in [-0.4, -0.2) is 13.4 Å². The molecule has 2 aromatic carbocycles. The van der Waals surface area contributed by atoms with E-state index in [1.165, 1.54) is 23.6 Å². The summed E-state index contributed by atoms with van der Waals surface area (Å²) in [6, 6.07) is 8.03. The second-order valence-electron chi connectivity index (χ2n) is 5.27. The Balaban J connectivity index is 2.05. The third-order valence-electron chi connectivity index (χ3n) is 3.50. The number of nitrogens with zero attached hydrogens (tertiary/aromatic N) is 1. The summed E-state index contributed by atoms with van der Waals surface area (Å²) in [5.74, 6) is -1.07. The van der Waals surface area contributed by atoms with Crippen molar-refractivity contribution in [1.29, 1.82) is 0 Å². The average Bonchev–Trinajstić information content (AvgIpc) is 3.02. The Kier molecular flexibility index (Phi) is 4.59. The van der Waals surface area contributed by atoms with Crippen molar-refractivity contribution in [1.82, 2.24) is 4.98 Å². The standard InChI is InChI=1S/C16H10F4N2O2S2/c17-12-7-9(16(18,19)20)5-6-10(12)13-8-25-15(22-13)11-3-1-2-4-14(11)26(21,23)24/h1-8H,(H2,21,23,24). The third kappa shape index (κ3) is 3.62. The summed E-state index contributed by atoms with van der Waals surface area (Å²) >= 11 is 1.03. The van der Waals surface area contributed by atoms with Gasteiger partial charge in [0.25, 0.3) is 0 Å². The minimum atomic E-state index is -4.65. The Labute approximate surface area is 150 Å². The highest BCUT2D eigenvalue weighted by molar-refractivity contribution is 7.89. The molecule has 0 amide bonds. The lowest BCUT2D eigenvalue weighted by Gasteiger charge is -2.08. The number of thiazole rings is 1. The van der Waals surface area contributed by atoms with E-state index >= 15 is 0 Å². The van der Waals surface area contributed by atoms with Gasteiger partial charge >= 0.3 is 6.18 Å². The Hall–Kier alpha value is -2.30. The number of rotatable bonds is 3.